The van der Waals surface area contributed by atoms with E-state index in [0.29, 0.717) is 23.6 Å². The third kappa shape index (κ3) is 4.69. The van der Waals surface area contributed by atoms with E-state index >= 15 is 0 Å². The molecule has 4 rings (SSSR count). The highest BCUT2D eigenvalue weighted by Gasteiger charge is 2.35. The van der Waals surface area contributed by atoms with Crippen LogP contribution in [0, 0.1) is 11.7 Å². The van der Waals surface area contributed by atoms with Crippen LogP contribution < -0.4 is 9.47 Å². The van der Waals surface area contributed by atoms with Crippen molar-refractivity contribution in [2.75, 3.05) is 27.8 Å². The Morgan fingerprint density at radius 1 is 1.09 bits per heavy atom. The zero-order valence-corrected chi connectivity index (χ0v) is 19.1. The average molecular weight is 454 g/mol. The molecule has 0 bridgehead atoms. The summed E-state index contributed by atoms with van der Waals surface area (Å²) in [6.45, 7) is -0.0562. The van der Waals surface area contributed by atoms with Crippen LogP contribution in [-0.4, -0.2) is 55.2 Å². The first-order chi connectivity index (χ1) is 15.9. The molecule has 0 saturated heterocycles. The Labute approximate surface area is 192 Å². The third-order valence-corrected chi connectivity index (χ3v) is 6.34. The van der Waals surface area contributed by atoms with Crippen LogP contribution in [0.1, 0.15) is 42.9 Å². The van der Waals surface area contributed by atoms with Crippen molar-refractivity contribution >= 4 is 17.5 Å². The fourth-order valence-corrected chi connectivity index (χ4v) is 4.20. The summed E-state index contributed by atoms with van der Waals surface area (Å²) in [5.74, 6) is 0.540. The van der Waals surface area contributed by atoms with Gasteiger partial charge >= 0.3 is 0 Å². The molecule has 1 aliphatic carbocycles. The van der Waals surface area contributed by atoms with Crippen LogP contribution in [0.2, 0.25) is 0 Å². The Morgan fingerprint density at radius 3 is 2.39 bits per heavy atom. The normalized spacial score (nSPS) is 17.9. The van der Waals surface area contributed by atoms with Crippen LogP contribution in [0.25, 0.3) is 0 Å². The fraction of sp³-hybridized carbons (Fsp3) is 0.400. The fourth-order valence-electron chi connectivity index (χ4n) is 4.20. The summed E-state index contributed by atoms with van der Waals surface area (Å²) >= 11 is 0. The van der Waals surface area contributed by atoms with E-state index < -0.39 is 0 Å². The lowest BCUT2D eigenvalue weighted by Crippen LogP contribution is -2.42. The van der Waals surface area contributed by atoms with Gasteiger partial charge in [0.1, 0.15) is 12.4 Å². The molecule has 1 aliphatic heterocycles. The number of nitrogens with zero attached hydrogens (tertiary/aromatic N) is 3. The number of rotatable bonds is 7. The van der Waals surface area contributed by atoms with E-state index in [-0.39, 0.29) is 36.1 Å². The minimum absolute atomic E-state index is 0.000740. The lowest BCUT2D eigenvalue weighted by Gasteiger charge is -2.30. The molecule has 0 N–H and O–H groups in total. The van der Waals surface area contributed by atoms with E-state index in [0.717, 1.165) is 30.4 Å². The Bertz CT molecular complexity index is 1070. The van der Waals surface area contributed by atoms with Gasteiger partial charge in [-0.25, -0.2) is 9.40 Å². The van der Waals surface area contributed by atoms with Crippen molar-refractivity contribution in [3.8, 4) is 11.5 Å². The van der Waals surface area contributed by atoms with Gasteiger partial charge in [-0.2, -0.15) is 5.10 Å². The van der Waals surface area contributed by atoms with Gasteiger partial charge < -0.3 is 14.4 Å². The number of hydrazone groups is 1. The van der Waals surface area contributed by atoms with E-state index in [1.54, 1.807) is 39.5 Å². The van der Waals surface area contributed by atoms with Crippen molar-refractivity contribution in [3.63, 3.8) is 0 Å². The van der Waals surface area contributed by atoms with Crippen molar-refractivity contribution in [3.05, 3.63) is 59.4 Å². The Balaban J connectivity index is 1.62. The number of hydrogen-bond donors (Lipinski definition) is 0. The average Bonchev–Trinajstić information content (AvgIpc) is 3.23. The second-order valence-corrected chi connectivity index (χ2v) is 8.45. The minimum Gasteiger partial charge on any atom is -0.493 e. The number of carbonyl (C=O) groups is 2. The molecule has 0 unspecified atom stereocenters. The van der Waals surface area contributed by atoms with Crippen molar-refractivity contribution in [1.29, 1.82) is 0 Å². The SMILES string of the molecule is COc1ccc([C@@H]2CC(c3ccc(F)cc3)=NN2C(=O)CN(C)C(=O)C2CCC2)cc1OC. The predicted octanol–water partition coefficient (Wildman–Crippen LogP) is 3.78. The highest BCUT2D eigenvalue weighted by molar-refractivity contribution is 6.03. The molecule has 7 nitrogen and oxygen atoms in total. The van der Waals surface area contributed by atoms with Gasteiger partial charge in [0.05, 0.1) is 26.0 Å². The molecule has 33 heavy (non-hydrogen) atoms. The maximum atomic E-state index is 13.4. The Hall–Kier alpha value is -3.42. The number of likely N-dealkylation sites (N-methyl/N-ethyl adjacent to an activating group) is 1. The molecule has 1 saturated carbocycles. The van der Waals surface area contributed by atoms with Crippen molar-refractivity contribution < 1.29 is 23.5 Å². The van der Waals surface area contributed by atoms with Crippen LogP contribution in [0.3, 0.4) is 0 Å². The maximum absolute atomic E-state index is 13.4. The first kappa shape index (κ1) is 22.8. The summed E-state index contributed by atoms with van der Waals surface area (Å²) in [5, 5.41) is 6.04. The van der Waals surface area contributed by atoms with Crippen molar-refractivity contribution in [1.82, 2.24) is 9.91 Å². The van der Waals surface area contributed by atoms with Gasteiger partial charge in [0.25, 0.3) is 5.91 Å². The standard InChI is InChI=1S/C25H28FN3O4/c1-28(25(31)17-5-4-6-17)15-24(30)29-21(18-9-12-22(32-2)23(13-18)33-3)14-20(27-29)16-7-10-19(26)11-8-16/h7-13,17,21H,4-6,14-15H2,1-3H3/t21-/m0/s1. The number of ether oxygens (including phenoxy) is 2. The quantitative estimate of drug-likeness (QED) is 0.640. The summed E-state index contributed by atoms with van der Waals surface area (Å²) < 4.78 is 24.2. The molecule has 2 aromatic carbocycles. The number of amides is 2. The molecule has 1 atom stereocenters. The largest absolute Gasteiger partial charge is 0.493 e. The Morgan fingerprint density at radius 2 is 1.79 bits per heavy atom. The molecule has 1 fully saturated rings. The van der Waals surface area contributed by atoms with Crippen molar-refractivity contribution in [2.24, 2.45) is 11.0 Å². The van der Waals surface area contributed by atoms with Crippen LogP contribution in [0.5, 0.6) is 11.5 Å². The van der Waals surface area contributed by atoms with E-state index in [9.17, 15) is 14.0 Å². The van der Waals surface area contributed by atoms with E-state index in [1.165, 1.54) is 22.0 Å². The second-order valence-electron chi connectivity index (χ2n) is 8.45. The molecular weight excluding hydrogens is 425 g/mol. The summed E-state index contributed by atoms with van der Waals surface area (Å²) in [6.07, 6.45) is 3.26. The topological polar surface area (TPSA) is 71.4 Å². The van der Waals surface area contributed by atoms with Gasteiger partial charge in [0, 0.05) is 19.4 Å². The number of methoxy groups -OCH3 is 2. The molecule has 2 aromatic rings. The molecule has 2 aliphatic rings. The van der Waals surface area contributed by atoms with Gasteiger partial charge in [0.2, 0.25) is 5.91 Å². The minimum atomic E-state index is -0.385. The first-order valence-electron chi connectivity index (χ1n) is 11.0. The van der Waals surface area contributed by atoms with E-state index in [2.05, 4.69) is 5.10 Å². The Kier molecular flexibility index (Phi) is 6.62. The maximum Gasteiger partial charge on any atom is 0.262 e. The van der Waals surface area contributed by atoms with Gasteiger partial charge in [-0.05, 0) is 48.2 Å². The van der Waals surface area contributed by atoms with Gasteiger partial charge in [-0.3, -0.25) is 9.59 Å². The molecule has 0 aromatic heterocycles. The van der Waals surface area contributed by atoms with Gasteiger partial charge in [-0.1, -0.05) is 24.6 Å². The number of halogens is 1. The zero-order chi connectivity index (χ0) is 23.5. The summed E-state index contributed by atoms with van der Waals surface area (Å²) in [7, 11) is 4.78. The number of carbonyl (C=O) groups excluding carboxylic acids is 2. The van der Waals surface area contributed by atoms with Crippen LogP contribution in [0.15, 0.2) is 47.6 Å². The molecular formula is C25H28FN3O4. The lowest BCUT2D eigenvalue weighted by atomic mass is 9.84. The molecule has 174 valence electrons. The van der Waals surface area contributed by atoms with E-state index in [1.807, 2.05) is 12.1 Å². The molecule has 2 amide bonds. The summed E-state index contributed by atoms with van der Waals surface area (Å²) in [5.41, 5.74) is 2.25. The smallest absolute Gasteiger partial charge is 0.262 e. The van der Waals surface area contributed by atoms with Crippen LogP contribution in [-0.2, 0) is 9.59 Å². The summed E-state index contributed by atoms with van der Waals surface area (Å²) in [6, 6.07) is 11.2. The third-order valence-electron chi connectivity index (χ3n) is 6.34. The van der Waals surface area contributed by atoms with Gasteiger partial charge in [0.15, 0.2) is 11.5 Å². The van der Waals surface area contributed by atoms with Crippen LogP contribution in [0.4, 0.5) is 4.39 Å². The van der Waals surface area contributed by atoms with Crippen molar-refractivity contribution in [2.45, 2.75) is 31.7 Å². The number of benzene rings is 2. The molecule has 8 heteroatoms. The zero-order valence-electron chi connectivity index (χ0n) is 19.1. The lowest BCUT2D eigenvalue weighted by molar-refractivity contribution is -0.144. The molecule has 0 spiro atoms. The van der Waals surface area contributed by atoms with E-state index in [4.69, 9.17) is 9.47 Å². The highest BCUT2D eigenvalue weighted by atomic mass is 19.1. The first-order valence-corrected chi connectivity index (χ1v) is 11.0. The van der Waals surface area contributed by atoms with Gasteiger partial charge in [-0.15, -0.1) is 0 Å². The monoisotopic (exact) mass is 453 g/mol. The molecule has 1 heterocycles. The summed E-state index contributed by atoms with van der Waals surface area (Å²) in [4.78, 5) is 27.3. The molecule has 0 radical (unpaired) electrons. The second kappa shape index (κ2) is 9.60. The van der Waals surface area contributed by atoms with Crippen LogP contribution >= 0.6 is 0 Å². The number of hydrogen-bond acceptors (Lipinski definition) is 5. The predicted molar refractivity (Wildman–Crippen MR) is 122 cm³/mol. The highest BCUT2D eigenvalue weighted by Crippen LogP contribution is 2.37.